The summed E-state index contributed by atoms with van der Waals surface area (Å²) in [6.45, 7) is 2.09. The molecule has 2 amide bonds. The van der Waals surface area contributed by atoms with Crippen molar-refractivity contribution in [1.82, 2.24) is 10.6 Å². The third kappa shape index (κ3) is 4.74. The van der Waals surface area contributed by atoms with E-state index in [1.54, 1.807) is 6.92 Å². The molecule has 1 heterocycles. The summed E-state index contributed by atoms with van der Waals surface area (Å²) < 4.78 is 0.992. The van der Waals surface area contributed by atoms with Crippen LogP contribution in [0.15, 0.2) is 15.9 Å². The lowest BCUT2D eigenvalue weighted by atomic mass is 10.2. The number of thiophene rings is 1. The van der Waals surface area contributed by atoms with Crippen LogP contribution in [0.3, 0.4) is 0 Å². The SMILES string of the molecule is CC[C@H](NC(=O)NCc1ccc(Br)s1)C(=O)O. The summed E-state index contributed by atoms with van der Waals surface area (Å²) in [7, 11) is 0. The van der Waals surface area contributed by atoms with E-state index >= 15 is 0 Å². The number of rotatable bonds is 5. The van der Waals surface area contributed by atoms with E-state index in [1.807, 2.05) is 12.1 Å². The Kier molecular flexibility index (Phi) is 5.43. The first kappa shape index (κ1) is 14.0. The van der Waals surface area contributed by atoms with Gasteiger partial charge in [0, 0.05) is 4.88 Å². The molecule has 0 bridgehead atoms. The van der Waals surface area contributed by atoms with Gasteiger partial charge in [-0.1, -0.05) is 6.92 Å². The minimum Gasteiger partial charge on any atom is -0.480 e. The number of carboxylic acid groups (broad SMARTS) is 1. The molecule has 0 aliphatic heterocycles. The minimum atomic E-state index is -1.03. The van der Waals surface area contributed by atoms with Gasteiger partial charge in [0.25, 0.3) is 0 Å². The lowest BCUT2D eigenvalue weighted by molar-refractivity contribution is -0.139. The van der Waals surface area contributed by atoms with E-state index in [0.29, 0.717) is 13.0 Å². The Bertz CT molecular complexity index is 408. The maximum atomic E-state index is 11.4. The van der Waals surface area contributed by atoms with Crippen LogP contribution in [0, 0.1) is 0 Å². The predicted octanol–water partition coefficient (Wildman–Crippen LogP) is 2.17. The Hall–Kier alpha value is -1.08. The number of carbonyl (C=O) groups is 2. The fraction of sp³-hybridized carbons (Fsp3) is 0.400. The lowest BCUT2D eigenvalue weighted by Gasteiger charge is -2.12. The van der Waals surface area contributed by atoms with Crippen molar-refractivity contribution >= 4 is 39.3 Å². The van der Waals surface area contributed by atoms with Crippen LogP contribution < -0.4 is 10.6 Å². The van der Waals surface area contributed by atoms with Gasteiger partial charge in [0.1, 0.15) is 6.04 Å². The van der Waals surface area contributed by atoms with Crippen LogP contribution in [0.5, 0.6) is 0 Å². The van der Waals surface area contributed by atoms with Gasteiger partial charge >= 0.3 is 12.0 Å². The molecule has 0 aliphatic rings. The number of amides is 2. The number of carbonyl (C=O) groups excluding carboxylic acids is 1. The largest absolute Gasteiger partial charge is 0.480 e. The number of halogens is 1. The third-order valence-corrected chi connectivity index (χ3v) is 3.69. The topological polar surface area (TPSA) is 78.4 Å². The highest BCUT2D eigenvalue weighted by Crippen LogP contribution is 2.21. The summed E-state index contributed by atoms with van der Waals surface area (Å²) in [6, 6.07) is 2.48. The lowest BCUT2D eigenvalue weighted by Crippen LogP contribution is -2.45. The summed E-state index contributed by atoms with van der Waals surface area (Å²) in [6.07, 6.45) is 0.354. The van der Waals surface area contributed by atoms with Gasteiger partial charge in [-0.3, -0.25) is 0 Å². The average Bonchev–Trinajstić information content (AvgIpc) is 2.68. The number of hydrogen-bond donors (Lipinski definition) is 3. The summed E-state index contributed by atoms with van der Waals surface area (Å²) >= 11 is 4.84. The molecule has 0 spiro atoms. The molecule has 0 aromatic carbocycles. The zero-order valence-electron chi connectivity index (χ0n) is 9.20. The Balaban J connectivity index is 2.37. The van der Waals surface area contributed by atoms with Crippen molar-refractivity contribution < 1.29 is 14.7 Å². The first-order valence-corrected chi connectivity index (χ1v) is 6.65. The van der Waals surface area contributed by atoms with E-state index in [4.69, 9.17) is 5.11 Å². The zero-order chi connectivity index (χ0) is 12.8. The molecule has 0 saturated carbocycles. The highest BCUT2D eigenvalue weighted by Gasteiger charge is 2.17. The van der Waals surface area contributed by atoms with Crippen LogP contribution in [0.1, 0.15) is 18.2 Å². The monoisotopic (exact) mass is 320 g/mol. The van der Waals surface area contributed by atoms with Crippen molar-refractivity contribution in [2.24, 2.45) is 0 Å². The smallest absolute Gasteiger partial charge is 0.326 e. The van der Waals surface area contributed by atoms with E-state index in [2.05, 4.69) is 26.6 Å². The van der Waals surface area contributed by atoms with E-state index in [9.17, 15) is 9.59 Å². The maximum absolute atomic E-state index is 11.4. The van der Waals surface area contributed by atoms with Crippen LogP contribution in [-0.2, 0) is 11.3 Å². The number of hydrogen-bond acceptors (Lipinski definition) is 3. The van der Waals surface area contributed by atoms with Crippen LogP contribution in [0.4, 0.5) is 4.79 Å². The van der Waals surface area contributed by atoms with Crippen molar-refractivity contribution in [1.29, 1.82) is 0 Å². The Labute approximate surface area is 111 Å². The fourth-order valence-electron chi connectivity index (χ4n) is 1.16. The Morgan fingerprint density at radius 3 is 2.71 bits per heavy atom. The summed E-state index contributed by atoms with van der Waals surface area (Å²) in [5.41, 5.74) is 0. The molecule has 7 heteroatoms. The molecule has 5 nitrogen and oxygen atoms in total. The molecular weight excluding hydrogens is 308 g/mol. The zero-order valence-corrected chi connectivity index (χ0v) is 11.6. The number of carboxylic acids is 1. The molecule has 1 aromatic rings. The number of nitrogens with one attached hydrogen (secondary N) is 2. The first-order chi connectivity index (χ1) is 8.02. The van der Waals surface area contributed by atoms with Crippen LogP contribution in [-0.4, -0.2) is 23.1 Å². The molecule has 1 aromatic heterocycles. The second kappa shape index (κ2) is 6.61. The van der Waals surface area contributed by atoms with Crippen molar-refractivity contribution in [3.05, 3.63) is 20.8 Å². The molecule has 0 aliphatic carbocycles. The van der Waals surface area contributed by atoms with Gasteiger partial charge in [-0.05, 0) is 34.5 Å². The van der Waals surface area contributed by atoms with Crippen molar-refractivity contribution in [3.63, 3.8) is 0 Å². The van der Waals surface area contributed by atoms with E-state index in [-0.39, 0.29) is 0 Å². The number of urea groups is 1. The van der Waals surface area contributed by atoms with Crippen molar-refractivity contribution in [2.75, 3.05) is 0 Å². The van der Waals surface area contributed by atoms with Gasteiger partial charge in [-0.15, -0.1) is 11.3 Å². The summed E-state index contributed by atoms with van der Waals surface area (Å²) in [4.78, 5) is 23.1. The van der Waals surface area contributed by atoms with E-state index in [0.717, 1.165) is 8.66 Å². The fourth-order valence-corrected chi connectivity index (χ4v) is 2.58. The predicted molar refractivity (Wildman–Crippen MR) is 69.1 cm³/mol. The van der Waals surface area contributed by atoms with E-state index in [1.165, 1.54) is 11.3 Å². The van der Waals surface area contributed by atoms with Gasteiger partial charge < -0.3 is 15.7 Å². The maximum Gasteiger partial charge on any atom is 0.326 e. The summed E-state index contributed by atoms with van der Waals surface area (Å²) in [5, 5.41) is 13.8. The van der Waals surface area contributed by atoms with Crippen molar-refractivity contribution in [2.45, 2.75) is 25.9 Å². The van der Waals surface area contributed by atoms with Gasteiger partial charge in [0.15, 0.2) is 0 Å². The number of aliphatic carboxylic acids is 1. The van der Waals surface area contributed by atoms with Crippen molar-refractivity contribution in [3.8, 4) is 0 Å². The van der Waals surface area contributed by atoms with Crippen LogP contribution >= 0.6 is 27.3 Å². The molecular formula is C10H13BrN2O3S. The second-order valence-electron chi connectivity index (χ2n) is 3.33. The molecule has 0 radical (unpaired) electrons. The molecule has 1 rings (SSSR count). The Morgan fingerprint density at radius 2 is 2.24 bits per heavy atom. The minimum absolute atomic E-state index is 0.354. The van der Waals surface area contributed by atoms with Gasteiger partial charge in [0.05, 0.1) is 10.3 Å². The van der Waals surface area contributed by atoms with Gasteiger partial charge in [0.2, 0.25) is 0 Å². The van der Waals surface area contributed by atoms with Gasteiger partial charge in [-0.25, -0.2) is 9.59 Å². The highest BCUT2D eigenvalue weighted by molar-refractivity contribution is 9.11. The normalized spacial score (nSPS) is 11.9. The highest BCUT2D eigenvalue weighted by atomic mass is 79.9. The third-order valence-electron chi connectivity index (χ3n) is 2.06. The molecule has 94 valence electrons. The average molecular weight is 321 g/mol. The molecule has 1 atom stereocenters. The first-order valence-electron chi connectivity index (χ1n) is 5.04. The molecule has 0 fully saturated rings. The Morgan fingerprint density at radius 1 is 1.53 bits per heavy atom. The van der Waals surface area contributed by atoms with Crippen LogP contribution in [0.2, 0.25) is 0 Å². The van der Waals surface area contributed by atoms with Crippen LogP contribution in [0.25, 0.3) is 0 Å². The van der Waals surface area contributed by atoms with Gasteiger partial charge in [-0.2, -0.15) is 0 Å². The summed E-state index contributed by atoms with van der Waals surface area (Å²) in [5.74, 6) is -1.03. The molecule has 0 unspecified atom stereocenters. The van der Waals surface area contributed by atoms with E-state index < -0.39 is 18.0 Å². The molecule has 17 heavy (non-hydrogen) atoms. The standard InChI is InChI=1S/C10H13BrN2O3S/c1-2-7(9(14)15)13-10(16)12-5-6-3-4-8(11)17-6/h3-4,7H,2,5H2,1H3,(H,14,15)(H2,12,13,16)/t7-/m0/s1. The second-order valence-corrected chi connectivity index (χ2v) is 5.88. The molecule has 0 saturated heterocycles. The molecule has 3 N–H and O–H groups in total. The quantitative estimate of drug-likeness (QED) is 0.778.